The second kappa shape index (κ2) is 5.92. The van der Waals surface area contributed by atoms with Crippen LogP contribution in [-0.4, -0.2) is 6.10 Å². The van der Waals surface area contributed by atoms with Crippen molar-refractivity contribution in [3.8, 4) is 11.8 Å². The molecule has 0 saturated carbocycles. The first kappa shape index (κ1) is 14.6. The monoisotopic (exact) mass is 256 g/mol. The van der Waals surface area contributed by atoms with E-state index < -0.39 is 11.7 Å². The molecule has 1 aromatic rings. The highest BCUT2D eigenvalue weighted by Gasteiger charge is 2.31. The van der Waals surface area contributed by atoms with E-state index >= 15 is 0 Å². The van der Waals surface area contributed by atoms with Gasteiger partial charge in [-0.15, -0.1) is 5.92 Å². The maximum absolute atomic E-state index is 12.7. The van der Waals surface area contributed by atoms with Crippen molar-refractivity contribution in [2.45, 2.75) is 39.7 Å². The number of rotatable bonds is 3. The minimum absolute atomic E-state index is 0.0275. The number of benzene rings is 1. The molecule has 98 valence electrons. The van der Waals surface area contributed by atoms with Crippen LogP contribution in [0, 0.1) is 11.8 Å². The highest BCUT2D eigenvalue weighted by molar-refractivity contribution is 5.41. The van der Waals surface area contributed by atoms with Gasteiger partial charge in [0.1, 0.15) is 0 Å². The summed E-state index contributed by atoms with van der Waals surface area (Å²) in [6.07, 6.45) is -4.39. The zero-order valence-electron chi connectivity index (χ0n) is 10.6. The number of hydrogen-bond donors (Lipinski definition) is 0. The molecule has 0 aliphatic heterocycles. The summed E-state index contributed by atoms with van der Waals surface area (Å²) in [6.45, 7) is 5.41. The standard InChI is InChI=1S/C14H15F3O/c1-4-5-11-6-12(9-18-10(2)3)8-13(7-11)14(15,16)17/h6-8,10H,9H2,1-3H3. The fourth-order valence-corrected chi connectivity index (χ4v) is 1.42. The van der Waals surface area contributed by atoms with Crippen molar-refractivity contribution in [1.82, 2.24) is 0 Å². The minimum atomic E-state index is -4.36. The molecule has 18 heavy (non-hydrogen) atoms. The number of halogens is 3. The van der Waals surface area contributed by atoms with Gasteiger partial charge in [0, 0.05) is 5.56 Å². The van der Waals surface area contributed by atoms with Gasteiger partial charge in [-0.2, -0.15) is 13.2 Å². The van der Waals surface area contributed by atoms with Crippen molar-refractivity contribution in [2.75, 3.05) is 0 Å². The van der Waals surface area contributed by atoms with Crippen LogP contribution in [0.25, 0.3) is 0 Å². The largest absolute Gasteiger partial charge is 0.416 e. The zero-order chi connectivity index (χ0) is 13.8. The predicted octanol–water partition coefficient (Wildman–Crippen LogP) is 4.00. The van der Waals surface area contributed by atoms with E-state index in [1.54, 1.807) is 13.0 Å². The fourth-order valence-electron chi connectivity index (χ4n) is 1.42. The van der Waals surface area contributed by atoms with E-state index in [0.717, 1.165) is 12.1 Å². The second-order valence-electron chi connectivity index (χ2n) is 4.15. The molecule has 0 aliphatic carbocycles. The molecule has 1 aromatic carbocycles. The summed E-state index contributed by atoms with van der Waals surface area (Å²) in [5.41, 5.74) is 0.149. The van der Waals surface area contributed by atoms with Gasteiger partial charge in [0.2, 0.25) is 0 Å². The summed E-state index contributed by atoms with van der Waals surface area (Å²) in [5.74, 6) is 5.24. The van der Waals surface area contributed by atoms with Gasteiger partial charge in [-0.05, 0) is 44.5 Å². The summed E-state index contributed by atoms with van der Waals surface area (Å²) in [4.78, 5) is 0. The van der Waals surface area contributed by atoms with Crippen LogP contribution in [0.15, 0.2) is 18.2 Å². The smallest absolute Gasteiger partial charge is 0.374 e. The van der Waals surface area contributed by atoms with Crippen molar-refractivity contribution >= 4 is 0 Å². The van der Waals surface area contributed by atoms with E-state index in [9.17, 15) is 13.2 Å². The molecule has 0 amide bonds. The van der Waals surface area contributed by atoms with Crippen molar-refractivity contribution in [2.24, 2.45) is 0 Å². The Bertz CT molecular complexity index is 464. The molecule has 0 atom stereocenters. The summed E-state index contributed by atoms with van der Waals surface area (Å²) in [6, 6.07) is 3.77. The maximum atomic E-state index is 12.7. The van der Waals surface area contributed by atoms with E-state index in [4.69, 9.17) is 4.74 Å². The van der Waals surface area contributed by atoms with Gasteiger partial charge in [-0.1, -0.05) is 5.92 Å². The summed E-state index contributed by atoms with van der Waals surface area (Å²) >= 11 is 0. The highest BCUT2D eigenvalue weighted by atomic mass is 19.4. The lowest BCUT2D eigenvalue weighted by atomic mass is 10.1. The normalized spacial score (nSPS) is 11.3. The number of alkyl halides is 3. The third kappa shape index (κ3) is 4.42. The van der Waals surface area contributed by atoms with Crippen LogP contribution in [0.2, 0.25) is 0 Å². The van der Waals surface area contributed by atoms with Gasteiger partial charge >= 0.3 is 6.18 Å². The Morgan fingerprint density at radius 1 is 1.22 bits per heavy atom. The van der Waals surface area contributed by atoms with Gasteiger partial charge < -0.3 is 4.74 Å². The second-order valence-corrected chi connectivity index (χ2v) is 4.15. The van der Waals surface area contributed by atoms with Crippen LogP contribution in [-0.2, 0) is 17.5 Å². The Morgan fingerprint density at radius 2 is 1.89 bits per heavy atom. The van der Waals surface area contributed by atoms with Crippen LogP contribution in [0.1, 0.15) is 37.5 Å². The third-order valence-electron chi connectivity index (χ3n) is 2.17. The lowest BCUT2D eigenvalue weighted by Gasteiger charge is -2.12. The highest BCUT2D eigenvalue weighted by Crippen LogP contribution is 2.30. The molecule has 4 heteroatoms. The van der Waals surface area contributed by atoms with Crippen molar-refractivity contribution in [3.63, 3.8) is 0 Å². The van der Waals surface area contributed by atoms with Gasteiger partial charge in [-0.3, -0.25) is 0 Å². The Balaban J connectivity index is 3.09. The van der Waals surface area contributed by atoms with Crippen molar-refractivity contribution in [1.29, 1.82) is 0 Å². The van der Waals surface area contributed by atoms with Crippen molar-refractivity contribution in [3.05, 3.63) is 34.9 Å². The first-order chi connectivity index (χ1) is 8.32. The van der Waals surface area contributed by atoms with Crippen LogP contribution in [0.3, 0.4) is 0 Å². The first-order valence-electron chi connectivity index (χ1n) is 5.58. The molecule has 1 nitrogen and oxygen atoms in total. The Hall–Kier alpha value is -1.47. The molecule has 0 aromatic heterocycles. The van der Waals surface area contributed by atoms with Crippen LogP contribution in [0.4, 0.5) is 13.2 Å². The van der Waals surface area contributed by atoms with Crippen LogP contribution in [0.5, 0.6) is 0 Å². The molecule has 0 N–H and O–H groups in total. The first-order valence-corrected chi connectivity index (χ1v) is 5.58. The van der Waals surface area contributed by atoms with Gasteiger partial charge in [-0.25, -0.2) is 0 Å². The van der Waals surface area contributed by atoms with E-state index in [1.165, 1.54) is 0 Å². The lowest BCUT2D eigenvalue weighted by Crippen LogP contribution is -2.08. The molecule has 1 rings (SSSR count). The molecular formula is C14H15F3O. The molecule has 0 spiro atoms. The van der Waals surface area contributed by atoms with E-state index in [1.807, 2.05) is 13.8 Å². The van der Waals surface area contributed by atoms with Gasteiger partial charge in [0.15, 0.2) is 0 Å². The molecular weight excluding hydrogens is 241 g/mol. The van der Waals surface area contributed by atoms with E-state index in [-0.39, 0.29) is 12.7 Å². The van der Waals surface area contributed by atoms with E-state index in [2.05, 4.69) is 11.8 Å². The fraction of sp³-hybridized carbons (Fsp3) is 0.429. The maximum Gasteiger partial charge on any atom is 0.416 e. The number of hydrogen-bond acceptors (Lipinski definition) is 1. The molecule has 0 saturated heterocycles. The Labute approximate surface area is 105 Å². The van der Waals surface area contributed by atoms with Gasteiger partial charge in [0.05, 0.1) is 18.3 Å². The SMILES string of the molecule is CC#Cc1cc(COC(C)C)cc(C(F)(F)F)c1. The molecule has 0 radical (unpaired) electrons. The zero-order valence-corrected chi connectivity index (χ0v) is 10.6. The molecule has 0 heterocycles. The van der Waals surface area contributed by atoms with Crippen LogP contribution < -0.4 is 0 Å². The molecule has 0 unspecified atom stereocenters. The lowest BCUT2D eigenvalue weighted by molar-refractivity contribution is -0.137. The minimum Gasteiger partial charge on any atom is -0.374 e. The Kier molecular flexibility index (Phi) is 4.80. The topological polar surface area (TPSA) is 9.23 Å². The summed E-state index contributed by atoms with van der Waals surface area (Å²) < 4.78 is 43.4. The quantitative estimate of drug-likeness (QED) is 0.743. The molecule has 0 fully saturated rings. The molecule has 0 bridgehead atoms. The van der Waals surface area contributed by atoms with Crippen molar-refractivity contribution < 1.29 is 17.9 Å². The van der Waals surface area contributed by atoms with E-state index in [0.29, 0.717) is 11.1 Å². The van der Waals surface area contributed by atoms with Crippen LogP contribution >= 0.6 is 0 Å². The predicted molar refractivity (Wildman–Crippen MR) is 63.9 cm³/mol. The average Bonchev–Trinajstić information content (AvgIpc) is 2.25. The summed E-state index contributed by atoms with van der Waals surface area (Å²) in [5, 5.41) is 0. The Morgan fingerprint density at radius 3 is 2.39 bits per heavy atom. The van der Waals surface area contributed by atoms with Gasteiger partial charge in [0.25, 0.3) is 0 Å². The number of ether oxygens (including phenoxy) is 1. The summed E-state index contributed by atoms with van der Waals surface area (Å²) in [7, 11) is 0. The average molecular weight is 256 g/mol. The third-order valence-corrected chi connectivity index (χ3v) is 2.17. The molecule has 0 aliphatic rings.